The first kappa shape index (κ1) is 113. The first-order chi connectivity index (χ1) is 66.6. The highest BCUT2D eigenvalue weighted by atomic mass is 32.3. The molecular weight excluding hydrogens is 2000 g/mol. The lowest BCUT2D eigenvalue weighted by Gasteiger charge is -2.10. The van der Waals surface area contributed by atoms with Crippen molar-refractivity contribution in [3.8, 4) is 0 Å². The van der Waals surface area contributed by atoms with E-state index in [1.807, 2.05) is 0 Å². The first-order valence-corrected chi connectivity index (χ1v) is 45.5. The molecule has 0 bridgehead atoms. The van der Waals surface area contributed by atoms with Gasteiger partial charge in [-0.2, -0.15) is 96.4 Å². The molecule has 0 aromatic carbocycles. The Hall–Kier alpha value is -15.9. The minimum absolute atomic E-state index is 0.0148. The molecule has 0 saturated carbocycles. The fraction of sp³-hybridized carbons (Fsp3) is 0.433. The highest BCUT2D eigenvalue weighted by molar-refractivity contribution is 7.85. The summed E-state index contributed by atoms with van der Waals surface area (Å²) in [5.74, 6) is -2.68. The molecule has 2 atom stereocenters. The Morgan fingerprint density at radius 1 is 0.336 bits per heavy atom. The maximum atomic E-state index is 12.2. The lowest BCUT2D eigenvalue weighted by atomic mass is 10.6. The Bertz CT molecular complexity index is 6800. The number of ether oxygens (including phenoxy) is 4. The zero-order valence-corrected chi connectivity index (χ0v) is 78.5. The fourth-order valence-corrected chi connectivity index (χ4v) is 12.0. The summed E-state index contributed by atoms with van der Waals surface area (Å²) in [6.07, 6.45) is 25.7. The maximum absolute atomic E-state index is 12.2. The number of carbonyl (C=O) groups is 8. The molecular formula is C60H84N40O35P2S3+8. The van der Waals surface area contributed by atoms with Gasteiger partial charge < -0.3 is 28.7 Å². The summed E-state index contributed by atoms with van der Waals surface area (Å²) in [4.78, 5) is 182. The number of aryl methyl sites for hydroxylation is 2. The van der Waals surface area contributed by atoms with Crippen molar-refractivity contribution in [2.45, 2.75) is 81.2 Å². The van der Waals surface area contributed by atoms with Crippen molar-refractivity contribution in [2.75, 3.05) is 92.9 Å². The number of esters is 4. The zero-order valence-electron chi connectivity index (χ0n) is 74.2. The van der Waals surface area contributed by atoms with Crippen LogP contribution in [0.15, 0.2) is 156 Å². The number of phosphoric acid groups is 2. The predicted octanol–water partition coefficient (Wildman–Crippen LogP) is -4.34. The van der Waals surface area contributed by atoms with Crippen LogP contribution in [0.25, 0.3) is 37.2 Å². The van der Waals surface area contributed by atoms with Crippen LogP contribution in [0, 0.1) is 0 Å². The van der Waals surface area contributed by atoms with Crippen LogP contribution in [0.1, 0.15) is 41.5 Å². The SMILES string of the molecule is C/C=C/n1nnn(CCOP(=O)(O)OCC[N+]2=NN=[N+](/C=C/C)C2=O)c1=O.C/C=C/n1nnn(CCOS(=O)(=O)OCC[N+]2=NN=[N+](/C=C/C)C2=O)c1=O.C/C=C/n1nnn(COS(=O)(=O)OC[N+]2=NN=[N+](/C=C/C)C2=O)c1=O.COC(=O)/C=C/n1nnn(CCS(=O)CCn2nnn(/C=C/C(=O)OC)c2=O)c1=O.COC(=O)/C=C/n1nnn(COP(=O)(O)OC[N+]2=NN=[N+](/C=C/C(=O)OC)C2=O)c1=O. The second kappa shape index (κ2) is 55.9. The molecule has 0 aliphatic carbocycles. The Balaban J connectivity index is 0.000000269. The summed E-state index contributed by atoms with van der Waals surface area (Å²) in [5.41, 5.74) is -3.92. The largest absolute Gasteiger partial charge is 0.640 e. The van der Waals surface area contributed by atoms with Crippen LogP contribution < -0.4 is 34.1 Å². The third-order valence-electron chi connectivity index (χ3n) is 15.1. The number of urea groups is 4. The third-order valence-corrected chi connectivity index (χ3v) is 20.0. The average molecular weight is 2080 g/mol. The van der Waals surface area contributed by atoms with E-state index in [1.165, 1.54) is 51.4 Å². The number of hydrogen-bond donors (Lipinski definition) is 2. The summed E-state index contributed by atoms with van der Waals surface area (Å²) in [6, 6.07) is -2.68. The quantitative estimate of drug-likeness (QED) is 0.0120. The molecule has 4 aliphatic rings. The van der Waals surface area contributed by atoms with Gasteiger partial charge in [0.25, 0.3) is 34.4 Å². The number of nitrogens with zero attached hydrogens (tertiary/aromatic N) is 40. The summed E-state index contributed by atoms with van der Waals surface area (Å²) >= 11 is 0. The van der Waals surface area contributed by atoms with E-state index in [0.29, 0.717) is 28.1 Å². The molecule has 754 valence electrons. The van der Waals surface area contributed by atoms with Crippen molar-refractivity contribution in [1.82, 2.24) is 119 Å². The normalized spacial score (nSPS) is 14.9. The topological polar surface area (TPSA) is 846 Å². The molecule has 2 N–H and O–H groups in total. The van der Waals surface area contributed by atoms with Crippen LogP contribution in [0.2, 0.25) is 0 Å². The minimum atomic E-state index is -4.77. The molecule has 6 aromatic heterocycles. The Labute approximate surface area is 782 Å². The van der Waals surface area contributed by atoms with E-state index < -0.39 is 156 Å². The van der Waals surface area contributed by atoms with Gasteiger partial charge in [-0.25, -0.2) is 74.1 Å². The number of allylic oxidation sites excluding steroid dienone is 6. The van der Waals surface area contributed by atoms with E-state index in [-0.39, 0.29) is 77.2 Å². The lowest BCUT2D eigenvalue weighted by molar-refractivity contribution is -0.584. The number of phosphoric ester groups is 2. The fourth-order valence-electron chi connectivity index (χ4n) is 8.65. The molecule has 6 aromatic rings. The van der Waals surface area contributed by atoms with Gasteiger partial charge >= 0.3 is 139 Å². The molecule has 0 spiro atoms. The summed E-state index contributed by atoms with van der Waals surface area (Å²) < 4.78 is 154. The zero-order chi connectivity index (χ0) is 103. The highest BCUT2D eigenvalue weighted by Gasteiger charge is 2.45. The van der Waals surface area contributed by atoms with Crippen LogP contribution in [0.3, 0.4) is 0 Å². The van der Waals surface area contributed by atoms with Crippen LogP contribution >= 0.6 is 15.6 Å². The number of carbonyl (C=O) groups excluding carboxylic acids is 8. The van der Waals surface area contributed by atoms with Crippen molar-refractivity contribution in [1.29, 1.82) is 0 Å². The van der Waals surface area contributed by atoms with Crippen molar-refractivity contribution in [2.24, 2.45) is 41.8 Å². The van der Waals surface area contributed by atoms with Gasteiger partial charge in [-0.15, -0.1) is 0 Å². The molecule has 80 heteroatoms. The monoisotopic (exact) mass is 2080 g/mol. The Morgan fingerprint density at radius 2 is 0.643 bits per heavy atom. The summed E-state index contributed by atoms with van der Waals surface area (Å²) in [6.45, 7) is 5.14. The number of rotatable bonds is 48. The summed E-state index contributed by atoms with van der Waals surface area (Å²) in [7, 11) is -14.8. The van der Waals surface area contributed by atoms with E-state index in [4.69, 9.17) is 9.05 Å². The standard InChI is InChI=1S/C14H18N8O7S.C12H14N8O10P.C12H18N8O6P.C12H18N8O6S.C10H14N8O6S/c1-28-11(23)3-5-19-13(25)21(17-15-19)7-9-30(27)10-8-22-14(26)20(16-18-22)6-4-12(24)29-2;1-27-9(21)3-5-17-11(23)19(15-13-17)7-29-31(25,26)30-8-20-12(24)18(14-16-20)6-4-10(22)28-2;2*1-3-5-17-11(21)19(15-13-17)7-9-25-27(23,24)26-10-8-20-12(22)18(6-4-2)14-16-20;1-3-5-15-9(19)17(13-11-15)7-23-25(21,22)24-8-18-10(20)16(6-4-2)12-14-18/h3-6H,7-10H2,1-2H3;3-6H,7-8H2,1-2H3;2*3-6H,7-10H2,1-2H3;3-6H,7-8H2,1-2H3/q;2*+1;2*+2/p+2/b5*5-3+,6-4+. The van der Waals surface area contributed by atoms with E-state index in [1.54, 1.807) is 78.0 Å². The molecule has 0 radical (unpaired) electrons. The molecule has 10 rings (SSSR count). The van der Waals surface area contributed by atoms with Gasteiger partial charge in [-0.3, -0.25) is 17.8 Å². The van der Waals surface area contributed by atoms with E-state index >= 15 is 0 Å². The Morgan fingerprint density at radius 3 is 1.04 bits per heavy atom. The van der Waals surface area contributed by atoms with Gasteiger partial charge in [-0.1, -0.05) is 18.2 Å². The molecule has 2 unspecified atom stereocenters. The van der Waals surface area contributed by atoms with Crippen molar-refractivity contribution < 1.29 is 170 Å². The number of aromatic nitrogens is 24. The van der Waals surface area contributed by atoms with Gasteiger partial charge in [-0.05, 0) is 122 Å². The van der Waals surface area contributed by atoms with Gasteiger partial charge in [0, 0.05) is 96.5 Å². The predicted molar refractivity (Wildman–Crippen MR) is 442 cm³/mol. The van der Waals surface area contributed by atoms with Crippen molar-refractivity contribution in [3.63, 3.8) is 0 Å². The lowest BCUT2D eigenvalue weighted by Crippen LogP contribution is -2.28. The minimum Gasteiger partial charge on any atom is -0.466 e. The van der Waals surface area contributed by atoms with Gasteiger partial charge in [0.1, 0.15) is 32.0 Å². The second-order valence-electron chi connectivity index (χ2n) is 24.6. The van der Waals surface area contributed by atoms with Gasteiger partial charge in [0.2, 0.25) is 0 Å². The maximum Gasteiger partial charge on any atom is 0.640 e. The van der Waals surface area contributed by atoms with Crippen LogP contribution in [0.4, 0.5) is 19.2 Å². The molecule has 0 fully saturated rings. The number of amides is 8. The number of methoxy groups -OCH3 is 4. The van der Waals surface area contributed by atoms with Crippen LogP contribution in [-0.4, -0.2) is 328 Å². The van der Waals surface area contributed by atoms with Crippen molar-refractivity contribution in [3.05, 3.63) is 148 Å². The van der Waals surface area contributed by atoms with Gasteiger partial charge in [0.15, 0.2) is 51.4 Å². The molecule has 75 nitrogen and oxygen atoms in total. The van der Waals surface area contributed by atoms with Crippen LogP contribution in [-0.2, 0) is 153 Å². The van der Waals surface area contributed by atoms with Crippen LogP contribution in [0.5, 0.6) is 0 Å². The number of tetrazole rings is 6. The van der Waals surface area contributed by atoms with Gasteiger partial charge in [0.05, 0.1) is 73.9 Å². The third kappa shape index (κ3) is 36.3. The smallest absolute Gasteiger partial charge is 0.466 e. The average Bonchev–Trinajstić information content (AvgIpc) is 1.70. The van der Waals surface area contributed by atoms with E-state index in [2.05, 4.69) is 149 Å². The molecule has 4 aliphatic heterocycles. The molecule has 10 heterocycles. The summed E-state index contributed by atoms with van der Waals surface area (Å²) in [5, 5.41) is 70.3. The van der Waals surface area contributed by atoms with Crippen molar-refractivity contribution >= 4 is 132 Å². The Kier molecular flexibility index (Phi) is 45.1. The first-order valence-electron chi connectivity index (χ1n) is 38.4. The van der Waals surface area contributed by atoms with E-state index in [9.17, 15) is 107 Å². The second-order valence-corrected chi connectivity index (χ2v) is 31.7. The molecule has 8 amide bonds. The number of hydrogen-bond acceptors (Lipinski definition) is 53. The molecule has 0 saturated heterocycles. The molecule has 140 heavy (non-hydrogen) atoms. The highest BCUT2D eigenvalue weighted by Crippen LogP contribution is 2.44. The van der Waals surface area contributed by atoms with E-state index in [0.717, 1.165) is 129 Å².